The molecule has 1 amide bonds. The molecule has 1 fully saturated rings. The summed E-state index contributed by atoms with van der Waals surface area (Å²) in [5.74, 6) is 0.717. The Morgan fingerprint density at radius 2 is 1.75 bits per heavy atom. The van der Waals surface area contributed by atoms with Crippen LogP contribution in [0.15, 0.2) is 24.3 Å². The second kappa shape index (κ2) is 5.39. The van der Waals surface area contributed by atoms with Crippen molar-refractivity contribution < 1.29 is 4.79 Å². The molecular weight excluding hydrogens is 218 g/mol. The van der Waals surface area contributed by atoms with Crippen LogP contribution in [0.1, 0.15) is 43.6 Å². The Morgan fingerprint density at radius 3 is 2.31 bits per heavy atom. The third-order valence-corrected chi connectivity index (χ3v) is 3.35. The summed E-state index contributed by atoms with van der Waals surface area (Å²) in [5, 5.41) is 2.35. The summed E-state index contributed by atoms with van der Waals surface area (Å²) in [5.41, 5.74) is 2.22. The molecule has 1 N–H and O–H groups in total. The van der Waals surface area contributed by atoms with E-state index in [2.05, 4.69) is 30.1 Å². The number of hydrogen-bond donors (Lipinski definition) is 2. The molecule has 1 aliphatic rings. The van der Waals surface area contributed by atoms with Gasteiger partial charge in [-0.2, -0.15) is 0 Å². The number of benzene rings is 1. The fraction of sp³-hybridized carbons (Fsp3) is 0.462. The summed E-state index contributed by atoms with van der Waals surface area (Å²) in [6, 6.07) is 8.15. The molecule has 1 aromatic rings. The van der Waals surface area contributed by atoms with E-state index in [4.69, 9.17) is 0 Å². The number of thiol groups is 1. The topological polar surface area (TPSA) is 29.1 Å². The maximum Gasteiger partial charge on any atom is 0.280 e. The maximum atomic E-state index is 10.8. The fourth-order valence-corrected chi connectivity index (χ4v) is 2.53. The molecule has 0 spiro atoms. The van der Waals surface area contributed by atoms with Crippen LogP contribution in [0.2, 0.25) is 0 Å². The van der Waals surface area contributed by atoms with Crippen LogP contribution in [-0.2, 0) is 0 Å². The first-order valence-electron chi connectivity index (χ1n) is 5.85. The van der Waals surface area contributed by atoms with Crippen molar-refractivity contribution in [3.8, 4) is 0 Å². The molecule has 0 saturated heterocycles. The van der Waals surface area contributed by atoms with E-state index >= 15 is 0 Å². The van der Waals surface area contributed by atoms with Gasteiger partial charge in [0.05, 0.1) is 0 Å². The number of amides is 1. The largest absolute Gasteiger partial charge is 0.317 e. The van der Waals surface area contributed by atoms with Gasteiger partial charge in [0.2, 0.25) is 0 Å². The van der Waals surface area contributed by atoms with Gasteiger partial charge >= 0.3 is 0 Å². The van der Waals surface area contributed by atoms with Crippen molar-refractivity contribution >= 4 is 23.6 Å². The smallest absolute Gasteiger partial charge is 0.280 e. The van der Waals surface area contributed by atoms with Crippen molar-refractivity contribution in [1.29, 1.82) is 0 Å². The van der Waals surface area contributed by atoms with Gasteiger partial charge in [-0.1, -0.05) is 44.0 Å². The highest BCUT2D eigenvalue weighted by atomic mass is 32.1. The van der Waals surface area contributed by atoms with Crippen molar-refractivity contribution in [3.05, 3.63) is 29.8 Å². The van der Waals surface area contributed by atoms with Crippen LogP contribution in [0.25, 0.3) is 0 Å². The number of anilines is 1. The molecule has 2 rings (SSSR count). The average molecular weight is 235 g/mol. The molecule has 0 unspecified atom stereocenters. The average Bonchev–Trinajstić information content (AvgIpc) is 2.30. The molecule has 16 heavy (non-hydrogen) atoms. The number of carbonyl (C=O) groups is 1. The third kappa shape index (κ3) is 3.01. The van der Waals surface area contributed by atoms with E-state index in [0.717, 1.165) is 11.6 Å². The summed E-state index contributed by atoms with van der Waals surface area (Å²) in [4.78, 5) is 10.8. The summed E-state index contributed by atoms with van der Waals surface area (Å²) in [6.45, 7) is 0. The Balaban J connectivity index is 2.03. The first kappa shape index (κ1) is 11.5. The zero-order valence-electron chi connectivity index (χ0n) is 9.28. The Morgan fingerprint density at radius 1 is 1.12 bits per heavy atom. The highest BCUT2D eigenvalue weighted by molar-refractivity contribution is 7.96. The molecule has 0 aliphatic heterocycles. The second-order valence-electron chi connectivity index (χ2n) is 4.39. The molecule has 3 heteroatoms. The van der Waals surface area contributed by atoms with E-state index < -0.39 is 0 Å². The van der Waals surface area contributed by atoms with E-state index in [1.807, 2.05) is 12.1 Å². The number of rotatable bonds is 2. The van der Waals surface area contributed by atoms with Crippen LogP contribution in [0.5, 0.6) is 0 Å². The summed E-state index contributed by atoms with van der Waals surface area (Å²) in [6.07, 6.45) is 6.68. The van der Waals surface area contributed by atoms with Gasteiger partial charge in [-0.25, -0.2) is 0 Å². The molecule has 0 bridgehead atoms. The molecule has 1 aliphatic carbocycles. The van der Waals surface area contributed by atoms with Crippen LogP contribution in [0.4, 0.5) is 10.5 Å². The van der Waals surface area contributed by atoms with Crippen LogP contribution < -0.4 is 5.32 Å². The minimum Gasteiger partial charge on any atom is -0.317 e. The molecule has 2 nitrogen and oxygen atoms in total. The second-order valence-corrected chi connectivity index (χ2v) is 4.79. The lowest BCUT2D eigenvalue weighted by molar-refractivity contribution is 0.270. The summed E-state index contributed by atoms with van der Waals surface area (Å²) in [7, 11) is 0. The fourth-order valence-electron chi connectivity index (χ4n) is 2.40. The van der Waals surface area contributed by atoms with Crippen molar-refractivity contribution in [2.45, 2.75) is 38.0 Å². The van der Waals surface area contributed by atoms with Crippen molar-refractivity contribution in [3.63, 3.8) is 0 Å². The Labute approximate surface area is 102 Å². The highest BCUT2D eigenvalue weighted by Crippen LogP contribution is 2.32. The summed E-state index contributed by atoms with van der Waals surface area (Å²) < 4.78 is 0. The zero-order valence-corrected chi connectivity index (χ0v) is 10.2. The quantitative estimate of drug-likeness (QED) is 0.739. The van der Waals surface area contributed by atoms with E-state index in [1.165, 1.54) is 37.7 Å². The van der Waals surface area contributed by atoms with Gasteiger partial charge in [0.15, 0.2) is 0 Å². The predicted octanol–water partition coefficient (Wildman–Crippen LogP) is 4.20. The third-order valence-electron chi connectivity index (χ3n) is 3.24. The van der Waals surface area contributed by atoms with Crippen molar-refractivity contribution in [2.75, 3.05) is 5.32 Å². The Bertz CT molecular complexity index is 355. The molecule has 1 aromatic carbocycles. The SMILES string of the molecule is O=C(S)Nc1ccc(C2CCCCC2)cc1. The van der Waals surface area contributed by atoms with E-state index in [9.17, 15) is 4.79 Å². The standard InChI is InChI=1S/C13H17NOS/c15-13(16)14-12-8-6-11(7-9-12)10-4-2-1-3-5-10/h6-10H,1-5H2,(H2,14,15,16). The maximum absolute atomic E-state index is 10.8. The predicted molar refractivity (Wildman–Crippen MR) is 70.3 cm³/mol. The zero-order chi connectivity index (χ0) is 11.4. The molecule has 86 valence electrons. The Hall–Kier alpha value is -0.960. The molecule has 0 aromatic heterocycles. The lowest BCUT2D eigenvalue weighted by Crippen LogP contribution is -2.05. The van der Waals surface area contributed by atoms with Gasteiger partial charge in [0.25, 0.3) is 5.24 Å². The molecular formula is C13H17NOS. The highest BCUT2D eigenvalue weighted by Gasteiger charge is 2.14. The molecule has 0 radical (unpaired) electrons. The van der Waals surface area contributed by atoms with Gasteiger partial charge in [-0.15, -0.1) is 0 Å². The minimum absolute atomic E-state index is 0.314. The van der Waals surface area contributed by atoms with Gasteiger partial charge in [-0.05, 0) is 36.5 Å². The normalized spacial score (nSPS) is 17.1. The van der Waals surface area contributed by atoms with E-state index in [1.54, 1.807) is 0 Å². The number of carbonyl (C=O) groups excluding carboxylic acids is 1. The van der Waals surface area contributed by atoms with Crippen LogP contribution in [-0.4, -0.2) is 5.24 Å². The van der Waals surface area contributed by atoms with Crippen molar-refractivity contribution in [2.24, 2.45) is 0 Å². The minimum atomic E-state index is -0.314. The van der Waals surface area contributed by atoms with Crippen LogP contribution in [0.3, 0.4) is 0 Å². The van der Waals surface area contributed by atoms with Crippen molar-refractivity contribution in [1.82, 2.24) is 0 Å². The first-order valence-corrected chi connectivity index (χ1v) is 6.30. The van der Waals surface area contributed by atoms with Gasteiger partial charge in [0, 0.05) is 5.69 Å². The number of nitrogens with one attached hydrogen (secondary N) is 1. The monoisotopic (exact) mass is 235 g/mol. The van der Waals surface area contributed by atoms with Gasteiger partial charge in [-0.3, -0.25) is 4.79 Å². The lowest BCUT2D eigenvalue weighted by Gasteiger charge is -2.22. The molecule has 0 heterocycles. The molecule has 0 atom stereocenters. The van der Waals surface area contributed by atoms with Crippen LogP contribution >= 0.6 is 12.6 Å². The Kier molecular flexibility index (Phi) is 3.88. The summed E-state index contributed by atoms with van der Waals surface area (Å²) >= 11 is 3.69. The van der Waals surface area contributed by atoms with E-state index in [0.29, 0.717) is 0 Å². The van der Waals surface area contributed by atoms with Gasteiger partial charge in [0.1, 0.15) is 0 Å². The lowest BCUT2D eigenvalue weighted by atomic mass is 9.84. The first-order chi connectivity index (χ1) is 7.75. The molecule has 1 saturated carbocycles. The van der Waals surface area contributed by atoms with E-state index in [-0.39, 0.29) is 5.24 Å². The number of hydrogen-bond acceptors (Lipinski definition) is 1. The van der Waals surface area contributed by atoms with Crippen LogP contribution in [0, 0.1) is 0 Å². The van der Waals surface area contributed by atoms with Gasteiger partial charge < -0.3 is 5.32 Å².